The Morgan fingerprint density at radius 1 is 1.00 bits per heavy atom. The first kappa shape index (κ1) is 22.3. The number of ether oxygens (including phenoxy) is 2. The van der Waals surface area contributed by atoms with Gasteiger partial charge in [0.15, 0.2) is 0 Å². The lowest BCUT2D eigenvalue weighted by atomic mass is 9.76. The highest BCUT2D eigenvalue weighted by molar-refractivity contribution is 7.80. The summed E-state index contributed by atoms with van der Waals surface area (Å²) in [6, 6.07) is 0. The molecule has 2 aliphatic carbocycles. The highest BCUT2D eigenvalue weighted by atomic mass is 32.2. The molecule has 0 aliphatic heterocycles. The molecule has 2 fully saturated rings. The number of carbonyl (C=O) groups excluding carboxylic acids is 1. The Bertz CT molecular complexity index is 619. The van der Waals surface area contributed by atoms with Gasteiger partial charge in [-0.3, -0.25) is 0 Å². The van der Waals surface area contributed by atoms with Crippen LogP contribution in [0.15, 0.2) is 0 Å². The Balaban J connectivity index is 2.18. The summed E-state index contributed by atoms with van der Waals surface area (Å²) in [6.45, 7) is 4.72. The lowest BCUT2D eigenvalue weighted by Gasteiger charge is -2.41. The number of hydrogen-bond donors (Lipinski definition) is 1. The molecule has 0 radical (unpaired) electrons. The van der Waals surface area contributed by atoms with Crippen LogP contribution < -0.4 is 0 Å². The zero-order valence-corrected chi connectivity index (χ0v) is 15.5. The minimum absolute atomic E-state index is 0.0615. The smallest absolute Gasteiger partial charge is 0.431 e. The van der Waals surface area contributed by atoms with Crippen LogP contribution in [0.4, 0.5) is 31.1 Å². The predicted octanol–water partition coefficient (Wildman–Crippen LogP) is 4.44. The van der Waals surface area contributed by atoms with E-state index in [1.807, 2.05) is 0 Å². The van der Waals surface area contributed by atoms with E-state index >= 15 is 0 Å². The van der Waals surface area contributed by atoms with Crippen molar-refractivity contribution >= 4 is 17.2 Å². The van der Waals surface area contributed by atoms with Gasteiger partial charge in [-0.05, 0) is 51.9 Å². The molecule has 6 unspecified atom stereocenters. The van der Waals surface area contributed by atoms with Crippen LogP contribution in [0.25, 0.3) is 0 Å². The van der Waals surface area contributed by atoms with Crippen LogP contribution in [0, 0.1) is 17.8 Å². The predicted molar refractivity (Wildman–Crippen MR) is 81.0 cm³/mol. The Morgan fingerprint density at radius 2 is 1.56 bits per heavy atom. The Hall–Kier alpha value is -1.04. The molecule has 0 aromatic heterocycles. The topological polar surface area (TPSA) is 72.8 Å². The summed E-state index contributed by atoms with van der Waals surface area (Å²) in [5, 5.41) is -5.53. The average molecular weight is 426 g/mol. The van der Waals surface area contributed by atoms with Crippen molar-refractivity contribution < 1.29 is 49.4 Å². The fourth-order valence-electron chi connectivity index (χ4n) is 3.97. The lowest BCUT2D eigenvalue weighted by molar-refractivity contribution is -0.304. The summed E-state index contributed by atoms with van der Waals surface area (Å²) < 4.78 is 111. The molecule has 27 heavy (non-hydrogen) atoms. The number of hydrogen-bond acceptors (Lipinski definition) is 4. The van der Waals surface area contributed by atoms with Gasteiger partial charge in [0.25, 0.3) is 5.67 Å². The molecule has 2 aliphatic rings. The number of rotatable bonds is 4. The van der Waals surface area contributed by atoms with Crippen LogP contribution in [0.3, 0.4) is 0 Å². The summed E-state index contributed by atoms with van der Waals surface area (Å²) in [6.07, 6.45) is -8.96. The molecule has 1 N–H and O–H groups in total. The maximum atomic E-state index is 14.7. The molecule has 0 amide bonds. The second-order valence-corrected chi connectivity index (χ2v) is 8.94. The first-order valence-corrected chi connectivity index (χ1v) is 9.25. The fourth-order valence-corrected chi connectivity index (χ4v) is 4.49. The van der Waals surface area contributed by atoms with Crippen LogP contribution in [-0.2, 0) is 20.6 Å². The molecule has 0 aromatic carbocycles. The van der Waals surface area contributed by atoms with E-state index in [0.717, 1.165) is 0 Å². The van der Waals surface area contributed by atoms with E-state index < -0.39 is 70.2 Å². The second-order valence-electron chi connectivity index (χ2n) is 7.93. The van der Waals surface area contributed by atoms with Crippen LogP contribution >= 0.6 is 0 Å². The van der Waals surface area contributed by atoms with Gasteiger partial charge < -0.3 is 14.0 Å². The van der Waals surface area contributed by atoms with Crippen LogP contribution in [-0.4, -0.2) is 43.7 Å². The molecule has 158 valence electrons. The highest BCUT2D eigenvalue weighted by Gasteiger charge is 2.79. The standard InChI is InChI=1S/C15H20F6O5S/c1-12(2,3)26-11(22)25-10-6-7-4-8(10)5-9(7)13(16,14(17,18)19)15(20,21)27(23)24/h7-10H,4-6H2,1-3H3,(H,23,24). The van der Waals surface area contributed by atoms with Gasteiger partial charge in [0, 0.05) is 5.92 Å². The van der Waals surface area contributed by atoms with E-state index in [1.165, 1.54) is 0 Å². The highest BCUT2D eigenvalue weighted by Crippen LogP contribution is 2.62. The number of halogens is 6. The van der Waals surface area contributed by atoms with Crippen LogP contribution in [0.5, 0.6) is 0 Å². The molecule has 0 saturated heterocycles. The van der Waals surface area contributed by atoms with Crippen molar-refractivity contribution in [2.24, 2.45) is 17.8 Å². The molecule has 0 aromatic rings. The minimum Gasteiger partial charge on any atom is -0.431 e. The van der Waals surface area contributed by atoms with Crippen molar-refractivity contribution in [3.8, 4) is 0 Å². The molecule has 6 atom stereocenters. The third-order valence-electron chi connectivity index (χ3n) is 5.00. The molecule has 2 saturated carbocycles. The second kappa shape index (κ2) is 6.78. The molecule has 5 nitrogen and oxygen atoms in total. The largest absolute Gasteiger partial charge is 0.509 e. The summed E-state index contributed by atoms with van der Waals surface area (Å²) >= 11 is -4.35. The van der Waals surface area contributed by atoms with Crippen molar-refractivity contribution in [2.45, 2.75) is 68.8 Å². The molecule has 0 spiro atoms. The lowest BCUT2D eigenvalue weighted by Crippen LogP contribution is -2.63. The summed E-state index contributed by atoms with van der Waals surface area (Å²) in [4.78, 5) is 11.7. The zero-order valence-electron chi connectivity index (χ0n) is 14.7. The average Bonchev–Trinajstić information content (AvgIpc) is 3.02. The maximum absolute atomic E-state index is 14.7. The van der Waals surface area contributed by atoms with Gasteiger partial charge in [-0.2, -0.15) is 22.0 Å². The van der Waals surface area contributed by atoms with Crippen molar-refractivity contribution in [2.75, 3.05) is 0 Å². The van der Waals surface area contributed by atoms with Crippen LogP contribution in [0.1, 0.15) is 40.0 Å². The van der Waals surface area contributed by atoms with Crippen LogP contribution in [0.2, 0.25) is 0 Å². The third-order valence-corrected chi connectivity index (χ3v) is 5.73. The van der Waals surface area contributed by atoms with Gasteiger partial charge in [0.2, 0.25) is 11.1 Å². The van der Waals surface area contributed by atoms with Gasteiger partial charge in [0.05, 0.1) is 0 Å². The first-order valence-electron chi connectivity index (χ1n) is 8.14. The minimum atomic E-state index is -6.05. The molecular formula is C15H20F6O5S. The quantitative estimate of drug-likeness (QED) is 0.409. The van der Waals surface area contributed by atoms with E-state index in [9.17, 15) is 35.3 Å². The van der Waals surface area contributed by atoms with E-state index in [0.29, 0.717) is 0 Å². The summed E-state index contributed by atoms with van der Waals surface area (Å²) in [5.41, 5.74) is -6.02. The molecule has 2 rings (SSSR count). The fraction of sp³-hybridized carbons (Fsp3) is 0.933. The van der Waals surface area contributed by atoms with Gasteiger partial charge in [0.1, 0.15) is 11.7 Å². The van der Waals surface area contributed by atoms with Gasteiger partial charge >= 0.3 is 17.6 Å². The molecule has 0 heterocycles. The maximum Gasteiger partial charge on any atom is 0.509 e. The van der Waals surface area contributed by atoms with Gasteiger partial charge in [-0.25, -0.2) is 13.4 Å². The van der Waals surface area contributed by atoms with E-state index in [2.05, 4.69) is 0 Å². The van der Waals surface area contributed by atoms with Crippen molar-refractivity contribution in [3.05, 3.63) is 0 Å². The number of fused-ring (bicyclic) bond motifs is 2. The van der Waals surface area contributed by atoms with E-state index in [1.54, 1.807) is 20.8 Å². The molecule has 12 heteroatoms. The van der Waals surface area contributed by atoms with E-state index in [4.69, 9.17) is 14.0 Å². The van der Waals surface area contributed by atoms with E-state index in [-0.39, 0.29) is 12.8 Å². The molecular weight excluding hydrogens is 406 g/mol. The zero-order chi connectivity index (χ0) is 21.0. The Labute approximate surface area is 154 Å². The van der Waals surface area contributed by atoms with Crippen molar-refractivity contribution in [1.82, 2.24) is 0 Å². The van der Waals surface area contributed by atoms with Crippen molar-refractivity contribution in [3.63, 3.8) is 0 Å². The first-order chi connectivity index (χ1) is 12.0. The number of carbonyl (C=O) groups is 1. The number of alkyl halides is 6. The third kappa shape index (κ3) is 3.92. The Morgan fingerprint density at radius 3 is 1.93 bits per heavy atom. The monoisotopic (exact) mass is 426 g/mol. The molecule has 2 bridgehead atoms. The summed E-state index contributed by atoms with van der Waals surface area (Å²) in [5.74, 6) is -4.16. The van der Waals surface area contributed by atoms with Crippen molar-refractivity contribution in [1.29, 1.82) is 0 Å². The SMILES string of the molecule is CC(C)(C)OC(=O)OC1CC2CC1CC2C(F)(C(F)(F)F)C(F)(F)S(=O)O. The Kier molecular flexibility index (Phi) is 5.59. The van der Waals surface area contributed by atoms with Gasteiger partial charge in [-0.15, -0.1) is 0 Å². The normalized spacial score (nSPS) is 32.1. The van der Waals surface area contributed by atoms with Gasteiger partial charge in [-0.1, -0.05) is 0 Å². The summed E-state index contributed by atoms with van der Waals surface area (Å²) in [7, 11) is 0.